The van der Waals surface area contributed by atoms with Gasteiger partial charge in [-0.2, -0.15) is 0 Å². The van der Waals surface area contributed by atoms with Crippen LogP contribution in [0.25, 0.3) is 0 Å². The molecule has 0 saturated carbocycles. The number of benzene rings is 1. The summed E-state index contributed by atoms with van der Waals surface area (Å²) in [5, 5.41) is 5.16. The van der Waals surface area contributed by atoms with E-state index in [1.807, 2.05) is 12.1 Å². The first-order valence-electron chi connectivity index (χ1n) is 8.55. The Morgan fingerprint density at radius 3 is 2.76 bits per heavy atom. The SMILES string of the molecule is COCc1ccccc1NC(=O)C(=O)NCCN1CCCCCC1=O. The van der Waals surface area contributed by atoms with Crippen LogP contribution in [0.2, 0.25) is 0 Å². The Morgan fingerprint density at radius 1 is 1.16 bits per heavy atom. The number of methoxy groups -OCH3 is 1. The van der Waals surface area contributed by atoms with Crippen LogP contribution in [-0.2, 0) is 25.7 Å². The molecular weight excluding hydrogens is 322 g/mol. The highest BCUT2D eigenvalue weighted by molar-refractivity contribution is 6.39. The van der Waals surface area contributed by atoms with Crippen LogP contribution < -0.4 is 10.6 Å². The van der Waals surface area contributed by atoms with E-state index < -0.39 is 11.8 Å². The van der Waals surface area contributed by atoms with E-state index in [9.17, 15) is 14.4 Å². The molecule has 0 aliphatic carbocycles. The van der Waals surface area contributed by atoms with Gasteiger partial charge in [-0.1, -0.05) is 24.6 Å². The molecule has 1 aromatic rings. The minimum atomic E-state index is -0.731. The molecule has 0 atom stereocenters. The van der Waals surface area contributed by atoms with Gasteiger partial charge in [0, 0.05) is 44.4 Å². The minimum Gasteiger partial charge on any atom is -0.380 e. The van der Waals surface area contributed by atoms with Gasteiger partial charge in [0.15, 0.2) is 0 Å². The van der Waals surface area contributed by atoms with Crippen LogP contribution in [0, 0.1) is 0 Å². The van der Waals surface area contributed by atoms with Gasteiger partial charge < -0.3 is 20.3 Å². The molecule has 0 spiro atoms. The summed E-state index contributed by atoms with van der Waals surface area (Å²) in [4.78, 5) is 37.6. The zero-order valence-electron chi connectivity index (χ0n) is 14.5. The monoisotopic (exact) mass is 347 g/mol. The van der Waals surface area contributed by atoms with Crippen molar-refractivity contribution in [3.05, 3.63) is 29.8 Å². The Morgan fingerprint density at radius 2 is 1.96 bits per heavy atom. The zero-order chi connectivity index (χ0) is 18.1. The molecule has 1 heterocycles. The maximum atomic E-state index is 12.0. The van der Waals surface area contributed by atoms with Crippen LogP contribution in [0.1, 0.15) is 31.2 Å². The quantitative estimate of drug-likeness (QED) is 0.759. The first-order chi connectivity index (χ1) is 12.1. The predicted molar refractivity (Wildman–Crippen MR) is 93.8 cm³/mol. The van der Waals surface area contributed by atoms with Crippen LogP contribution >= 0.6 is 0 Å². The van der Waals surface area contributed by atoms with Crippen LogP contribution in [0.3, 0.4) is 0 Å². The molecule has 0 bridgehead atoms. The summed E-state index contributed by atoms with van der Waals surface area (Å²) in [5.74, 6) is -1.33. The Kier molecular flexibility index (Phi) is 7.40. The van der Waals surface area contributed by atoms with Crippen molar-refractivity contribution >= 4 is 23.4 Å². The predicted octanol–water partition coefficient (Wildman–Crippen LogP) is 1.29. The fourth-order valence-electron chi connectivity index (χ4n) is 2.76. The lowest BCUT2D eigenvalue weighted by Gasteiger charge is -2.20. The van der Waals surface area contributed by atoms with Crippen molar-refractivity contribution in [2.75, 3.05) is 32.1 Å². The summed E-state index contributed by atoms with van der Waals surface area (Å²) in [6, 6.07) is 7.15. The van der Waals surface area contributed by atoms with Crippen LogP contribution in [0.15, 0.2) is 24.3 Å². The summed E-state index contributed by atoms with van der Waals surface area (Å²) >= 11 is 0. The zero-order valence-corrected chi connectivity index (χ0v) is 14.5. The molecule has 7 nitrogen and oxygen atoms in total. The number of anilines is 1. The Hall–Kier alpha value is -2.41. The van der Waals surface area contributed by atoms with Gasteiger partial charge in [0.05, 0.1) is 6.61 Å². The molecule has 1 aliphatic rings. The molecule has 1 aliphatic heterocycles. The van der Waals surface area contributed by atoms with E-state index in [1.54, 1.807) is 24.1 Å². The maximum absolute atomic E-state index is 12.0. The molecule has 7 heteroatoms. The summed E-state index contributed by atoms with van der Waals surface area (Å²) in [6.07, 6.45) is 3.52. The van der Waals surface area contributed by atoms with E-state index in [0.717, 1.165) is 24.8 Å². The number of carbonyl (C=O) groups is 3. The lowest BCUT2D eigenvalue weighted by atomic mass is 10.2. The van der Waals surface area contributed by atoms with Gasteiger partial charge in [0.25, 0.3) is 0 Å². The number of likely N-dealkylation sites (tertiary alicyclic amines) is 1. The second-order valence-electron chi connectivity index (χ2n) is 5.99. The smallest absolute Gasteiger partial charge is 0.313 e. The second kappa shape index (κ2) is 9.78. The normalized spacial score (nSPS) is 14.8. The highest BCUT2D eigenvalue weighted by atomic mass is 16.5. The molecule has 3 amide bonds. The standard InChI is InChI=1S/C18H25N3O4/c1-25-13-14-7-4-5-8-15(14)20-18(24)17(23)19-10-12-21-11-6-2-3-9-16(21)22/h4-5,7-8H,2-3,6,9-13H2,1H3,(H,19,23)(H,20,24). The van der Waals surface area contributed by atoms with Gasteiger partial charge in [-0.05, 0) is 18.9 Å². The number of nitrogens with zero attached hydrogens (tertiary/aromatic N) is 1. The molecule has 1 saturated heterocycles. The lowest BCUT2D eigenvalue weighted by Crippen LogP contribution is -2.41. The number of nitrogens with one attached hydrogen (secondary N) is 2. The number of ether oxygens (including phenoxy) is 1. The van der Waals surface area contributed by atoms with E-state index in [4.69, 9.17) is 4.74 Å². The van der Waals surface area contributed by atoms with Crippen molar-refractivity contribution in [1.29, 1.82) is 0 Å². The fraction of sp³-hybridized carbons (Fsp3) is 0.500. The summed E-state index contributed by atoms with van der Waals surface area (Å²) < 4.78 is 5.07. The van der Waals surface area contributed by atoms with Gasteiger partial charge in [-0.3, -0.25) is 14.4 Å². The number of rotatable bonds is 6. The van der Waals surface area contributed by atoms with Crippen molar-refractivity contribution in [2.45, 2.75) is 32.3 Å². The van der Waals surface area contributed by atoms with Crippen LogP contribution in [-0.4, -0.2) is 49.4 Å². The van der Waals surface area contributed by atoms with E-state index in [1.165, 1.54) is 0 Å². The van der Waals surface area contributed by atoms with Gasteiger partial charge >= 0.3 is 11.8 Å². The molecule has 136 valence electrons. The third kappa shape index (κ3) is 5.86. The number of carbonyl (C=O) groups excluding carboxylic acids is 3. The van der Waals surface area contributed by atoms with Gasteiger partial charge in [-0.25, -0.2) is 0 Å². The van der Waals surface area contributed by atoms with Crippen molar-refractivity contribution in [1.82, 2.24) is 10.2 Å². The van der Waals surface area contributed by atoms with Crippen LogP contribution in [0.5, 0.6) is 0 Å². The van der Waals surface area contributed by atoms with Gasteiger partial charge in [-0.15, -0.1) is 0 Å². The average Bonchev–Trinajstić information content (AvgIpc) is 2.81. The molecule has 0 aromatic heterocycles. The van der Waals surface area contributed by atoms with Gasteiger partial charge in [0.1, 0.15) is 0 Å². The number of hydrogen-bond acceptors (Lipinski definition) is 4. The fourth-order valence-corrected chi connectivity index (χ4v) is 2.76. The number of hydrogen-bond donors (Lipinski definition) is 2. The summed E-state index contributed by atoms with van der Waals surface area (Å²) in [6.45, 7) is 1.75. The maximum Gasteiger partial charge on any atom is 0.313 e. The third-order valence-electron chi connectivity index (χ3n) is 4.11. The van der Waals surface area contributed by atoms with E-state index in [0.29, 0.717) is 31.8 Å². The van der Waals surface area contributed by atoms with Crippen molar-refractivity contribution in [2.24, 2.45) is 0 Å². The third-order valence-corrected chi connectivity index (χ3v) is 4.11. The van der Waals surface area contributed by atoms with Gasteiger partial charge in [0.2, 0.25) is 5.91 Å². The van der Waals surface area contributed by atoms with E-state index in [2.05, 4.69) is 10.6 Å². The molecule has 1 aromatic carbocycles. The first kappa shape index (κ1) is 18.9. The molecule has 25 heavy (non-hydrogen) atoms. The topological polar surface area (TPSA) is 87.7 Å². The van der Waals surface area contributed by atoms with Crippen molar-refractivity contribution in [3.63, 3.8) is 0 Å². The highest BCUT2D eigenvalue weighted by Crippen LogP contribution is 2.15. The van der Waals surface area contributed by atoms with Crippen molar-refractivity contribution < 1.29 is 19.1 Å². The van der Waals surface area contributed by atoms with E-state index >= 15 is 0 Å². The number of para-hydroxylation sites is 1. The highest BCUT2D eigenvalue weighted by Gasteiger charge is 2.18. The molecule has 0 unspecified atom stereocenters. The van der Waals surface area contributed by atoms with Crippen molar-refractivity contribution in [3.8, 4) is 0 Å². The molecular formula is C18H25N3O4. The second-order valence-corrected chi connectivity index (χ2v) is 5.99. The lowest BCUT2D eigenvalue weighted by molar-refractivity contribution is -0.136. The molecule has 2 rings (SSSR count). The molecule has 2 N–H and O–H groups in total. The molecule has 1 fully saturated rings. The Labute approximate surface area is 147 Å². The minimum absolute atomic E-state index is 0.115. The largest absolute Gasteiger partial charge is 0.380 e. The Bertz CT molecular complexity index is 618. The Balaban J connectivity index is 1.80. The number of amides is 3. The molecule has 0 radical (unpaired) electrons. The van der Waals surface area contributed by atoms with E-state index in [-0.39, 0.29) is 12.5 Å². The average molecular weight is 347 g/mol. The first-order valence-corrected chi connectivity index (χ1v) is 8.55. The van der Waals surface area contributed by atoms with Crippen LogP contribution in [0.4, 0.5) is 5.69 Å². The summed E-state index contributed by atoms with van der Waals surface area (Å²) in [7, 11) is 1.56. The summed E-state index contributed by atoms with van der Waals surface area (Å²) in [5.41, 5.74) is 1.34.